The number of benzene rings is 2. The highest BCUT2D eigenvalue weighted by Crippen LogP contribution is 2.37. The van der Waals surface area contributed by atoms with E-state index < -0.39 is 12.0 Å². The number of carbonyl (C=O) groups is 1. The molecule has 1 aliphatic heterocycles. The maximum Gasteiger partial charge on any atom is 0.338 e. The molecular weight excluding hydrogens is 676 g/mol. The highest BCUT2D eigenvalue weighted by atomic mass is 79.9. The van der Waals surface area contributed by atoms with E-state index in [-0.39, 0.29) is 12.2 Å². The number of thiophene rings is 1. The fourth-order valence-corrected chi connectivity index (χ4v) is 7.15. The molecule has 4 heterocycles. The average molecular weight is 696 g/mol. The Morgan fingerprint density at radius 3 is 2.67 bits per heavy atom. The topological polar surface area (TPSA) is 73.8 Å². The second kappa shape index (κ2) is 11.3. The summed E-state index contributed by atoms with van der Waals surface area (Å²) in [6.07, 6.45) is 1.72. The van der Waals surface area contributed by atoms with Crippen LogP contribution in [0.1, 0.15) is 29.2 Å². The van der Waals surface area contributed by atoms with Crippen LogP contribution >= 0.6 is 54.5 Å². The average Bonchev–Trinajstić information content (AvgIpc) is 3.72. The number of thiazole rings is 1. The standard InChI is InChI=1S/C30H20Br2N2O4S2/c1-2-37-29(36)25-26(17-7-4-3-5-8-17)33-30-34(27(25)23-9-6-14-39-23)28(35)24(40-30)16-19-11-13-22(38-19)20-15-18(31)10-12-21(20)32/h3-16,27H,2H2,1H3/b24-16+/t27-/m0/s1. The largest absolute Gasteiger partial charge is 0.463 e. The minimum atomic E-state index is -0.669. The third kappa shape index (κ3) is 5.01. The third-order valence-corrected chi connectivity index (χ3v) is 9.37. The Morgan fingerprint density at radius 2 is 1.93 bits per heavy atom. The van der Waals surface area contributed by atoms with Crippen molar-refractivity contribution in [1.29, 1.82) is 0 Å². The van der Waals surface area contributed by atoms with Crippen LogP contribution < -0.4 is 14.9 Å². The lowest BCUT2D eigenvalue weighted by Crippen LogP contribution is -2.39. The maximum absolute atomic E-state index is 13.9. The second-order valence-corrected chi connectivity index (χ2v) is 12.5. The second-order valence-electron chi connectivity index (χ2n) is 8.77. The number of halogens is 2. The van der Waals surface area contributed by atoms with Gasteiger partial charge in [-0.05, 0) is 48.7 Å². The normalized spacial score (nSPS) is 15.2. The smallest absolute Gasteiger partial charge is 0.338 e. The number of hydrogen-bond donors (Lipinski definition) is 0. The number of nitrogens with zero attached hydrogens (tertiary/aromatic N) is 2. The first-order chi connectivity index (χ1) is 19.4. The quantitative estimate of drug-likeness (QED) is 0.184. The van der Waals surface area contributed by atoms with Gasteiger partial charge in [0.15, 0.2) is 4.80 Å². The number of furan rings is 1. The molecule has 5 aromatic rings. The molecule has 2 aromatic carbocycles. The summed E-state index contributed by atoms with van der Waals surface area (Å²) in [7, 11) is 0. The lowest BCUT2D eigenvalue weighted by molar-refractivity contribution is -0.138. The molecule has 0 saturated carbocycles. The number of rotatable bonds is 6. The van der Waals surface area contributed by atoms with E-state index in [4.69, 9.17) is 14.1 Å². The van der Waals surface area contributed by atoms with Gasteiger partial charge in [-0.25, -0.2) is 9.79 Å². The van der Waals surface area contributed by atoms with E-state index >= 15 is 0 Å². The number of ether oxygens (including phenoxy) is 1. The number of carbonyl (C=O) groups excluding carboxylic acids is 1. The maximum atomic E-state index is 13.9. The number of esters is 1. The van der Waals surface area contributed by atoms with Gasteiger partial charge in [0.1, 0.15) is 17.6 Å². The van der Waals surface area contributed by atoms with Crippen molar-refractivity contribution in [1.82, 2.24) is 4.57 Å². The van der Waals surface area contributed by atoms with E-state index in [2.05, 4.69) is 31.9 Å². The predicted molar refractivity (Wildman–Crippen MR) is 165 cm³/mol. The Morgan fingerprint density at radius 1 is 1.10 bits per heavy atom. The van der Waals surface area contributed by atoms with Crippen molar-refractivity contribution in [3.63, 3.8) is 0 Å². The SMILES string of the molecule is CCOC(=O)C1=C(c2ccccc2)N=c2s/c(=C/c3ccc(-c4cc(Br)ccc4Br)o3)c(=O)n2[C@H]1c1cccs1. The van der Waals surface area contributed by atoms with Gasteiger partial charge in [0, 0.05) is 31.0 Å². The van der Waals surface area contributed by atoms with E-state index in [1.807, 2.05) is 78.2 Å². The van der Waals surface area contributed by atoms with Crippen LogP contribution in [0.15, 0.2) is 107 Å². The van der Waals surface area contributed by atoms with Crippen LogP contribution in [-0.2, 0) is 9.53 Å². The Balaban J connectivity index is 1.54. The highest BCUT2D eigenvalue weighted by Gasteiger charge is 2.35. The van der Waals surface area contributed by atoms with Crippen LogP contribution in [0.2, 0.25) is 0 Å². The van der Waals surface area contributed by atoms with Crippen molar-refractivity contribution in [2.45, 2.75) is 13.0 Å². The van der Waals surface area contributed by atoms with Crippen molar-refractivity contribution in [2.75, 3.05) is 6.61 Å². The fraction of sp³-hybridized carbons (Fsp3) is 0.100. The summed E-state index contributed by atoms with van der Waals surface area (Å²) in [5, 5.41) is 1.93. The molecule has 6 nitrogen and oxygen atoms in total. The molecule has 0 N–H and O–H groups in total. The van der Waals surface area contributed by atoms with Crippen LogP contribution in [0.3, 0.4) is 0 Å². The van der Waals surface area contributed by atoms with Crippen molar-refractivity contribution in [3.05, 3.63) is 129 Å². The summed E-state index contributed by atoms with van der Waals surface area (Å²) in [6.45, 7) is 1.97. The summed E-state index contributed by atoms with van der Waals surface area (Å²) in [5.41, 5.74) is 2.26. The fourth-order valence-electron chi connectivity index (χ4n) is 4.55. The van der Waals surface area contributed by atoms with E-state index in [1.54, 1.807) is 17.6 Å². The molecule has 0 amide bonds. The molecule has 40 heavy (non-hydrogen) atoms. The molecule has 0 aliphatic carbocycles. The zero-order chi connectivity index (χ0) is 27.8. The van der Waals surface area contributed by atoms with E-state index in [0.717, 1.165) is 24.9 Å². The lowest BCUT2D eigenvalue weighted by atomic mass is 9.97. The number of aromatic nitrogens is 1. The van der Waals surface area contributed by atoms with Gasteiger partial charge in [-0.2, -0.15) is 0 Å². The monoisotopic (exact) mass is 694 g/mol. The van der Waals surface area contributed by atoms with E-state index in [1.165, 1.54) is 22.7 Å². The summed E-state index contributed by atoms with van der Waals surface area (Å²) in [5.74, 6) is 0.709. The molecule has 0 radical (unpaired) electrons. The molecule has 1 atom stereocenters. The van der Waals surface area contributed by atoms with Crippen molar-refractivity contribution >= 4 is 72.3 Å². The molecule has 10 heteroatoms. The predicted octanol–water partition coefficient (Wildman–Crippen LogP) is 6.78. The zero-order valence-electron chi connectivity index (χ0n) is 21.0. The van der Waals surface area contributed by atoms with Crippen molar-refractivity contribution in [2.24, 2.45) is 4.99 Å². The first kappa shape index (κ1) is 26.9. The Labute approximate surface area is 253 Å². The number of fused-ring (bicyclic) bond motifs is 1. The summed E-state index contributed by atoms with van der Waals surface area (Å²) in [6, 6.07) is 22.2. The van der Waals surface area contributed by atoms with Crippen LogP contribution in [0, 0.1) is 0 Å². The van der Waals surface area contributed by atoms with Crippen molar-refractivity contribution in [3.8, 4) is 11.3 Å². The van der Waals surface area contributed by atoms with Crippen LogP contribution in [0.5, 0.6) is 0 Å². The van der Waals surface area contributed by atoms with Crippen LogP contribution in [0.4, 0.5) is 0 Å². The Bertz CT molecular complexity index is 1940. The van der Waals surface area contributed by atoms with Gasteiger partial charge in [0.25, 0.3) is 5.56 Å². The minimum absolute atomic E-state index is 0.209. The summed E-state index contributed by atoms with van der Waals surface area (Å²) in [4.78, 5) is 33.6. The zero-order valence-corrected chi connectivity index (χ0v) is 25.8. The Kier molecular flexibility index (Phi) is 7.59. The van der Waals surface area contributed by atoms with Gasteiger partial charge in [-0.3, -0.25) is 9.36 Å². The molecule has 1 aliphatic rings. The van der Waals surface area contributed by atoms with Crippen LogP contribution in [0.25, 0.3) is 23.1 Å². The molecular formula is C30H20Br2N2O4S2. The van der Waals surface area contributed by atoms with Gasteiger partial charge in [-0.1, -0.05) is 79.6 Å². The third-order valence-electron chi connectivity index (χ3n) is 6.28. The molecule has 3 aromatic heterocycles. The molecule has 0 bridgehead atoms. The highest BCUT2D eigenvalue weighted by molar-refractivity contribution is 9.11. The first-order valence-corrected chi connectivity index (χ1v) is 15.6. The molecule has 0 fully saturated rings. The minimum Gasteiger partial charge on any atom is -0.463 e. The van der Waals surface area contributed by atoms with Gasteiger partial charge in [0.05, 0.1) is 22.4 Å². The number of hydrogen-bond acceptors (Lipinski definition) is 7. The van der Waals surface area contributed by atoms with Crippen molar-refractivity contribution < 1.29 is 13.9 Å². The van der Waals surface area contributed by atoms with E-state index in [0.29, 0.717) is 32.1 Å². The Hall–Kier alpha value is -3.31. The van der Waals surface area contributed by atoms with Crippen LogP contribution in [-0.4, -0.2) is 17.1 Å². The molecule has 0 saturated heterocycles. The van der Waals surface area contributed by atoms with Gasteiger partial charge in [-0.15, -0.1) is 11.3 Å². The van der Waals surface area contributed by atoms with Gasteiger partial charge in [0.2, 0.25) is 0 Å². The van der Waals surface area contributed by atoms with E-state index in [9.17, 15) is 9.59 Å². The summed E-state index contributed by atoms with van der Waals surface area (Å²) >= 11 is 9.82. The first-order valence-electron chi connectivity index (χ1n) is 12.3. The molecule has 200 valence electrons. The lowest BCUT2D eigenvalue weighted by Gasteiger charge is -2.24. The molecule has 6 rings (SSSR count). The molecule has 0 unspecified atom stereocenters. The van der Waals surface area contributed by atoms with Gasteiger partial charge >= 0.3 is 5.97 Å². The molecule has 0 spiro atoms. The summed E-state index contributed by atoms with van der Waals surface area (Å²) < 4.78 is 15.5. The van der Waals surface area contributed by atoms with Gasteiger partial charge < -0.3 is 9.15 Å².